The van der Waals surface area contributed by atoms with Crippen LogP contribution >= 0.6 is 0 Å². The number of piperidine rings is 1. The lowest BCUT2D eigenvalue weighted by Gasteiger charge is -2.34. The van der Waals surface area contributed by atoms with E-state index in [0.717, 1.165) is 12.1 Å². The SMILES string of the molecule is CCN(CC)C(=O)C1CCCN(C(=O)Nc2c(F)cccc2F)C1. The minimum Gasteiger partial charge on any atom is -0.343 e. The van der Waals surface area contributed by atoms with E-state index in [4.69, 9.17) is 0 Å². The molecule has 3 amide bonds. The zero-order chi connectivity index (χ0) is 17.7. The van der Waals surface area contributed by atoms with Crippen LogP contribution in [0.3, 0.4) is 0 Å². The molecule has 1 aliphatic rings. The van der Waals surface area contributed by atoms with Crippen LogP contribution in [0, 0.1) is 17.6 Å². The third-order valence-electron chi connectivity index (χ3n) is 4.33. The molecule has 1 N–H and O–H groups in total. The van der Waals surface area contributed by atoms with Crippen molar-refractivity contribution in [2.75, 3.05) is 31.5 Å². The van der Waals surface area contributed by atoms with Gasteiger partial charge in [-0.15, -0.1) is 0 Å². The lowest BCUT2D eigenvalue weighted by Crippen LogP contribution is -2.48. The van der Waals surface area contributed by atoms with Gasteiger partial charge in [-0.1, -0.05) is 6.07 Å². The van der Waals surface area contributed by atoms with E-state index in [1.807, 2.05) is 13.8 Å². The molecule has 0 spiro atoms. The molecule has 0 bridgehead atoms. The molecule has 1 aromatic rings. The highest BCUT2D eigenvalue weighted by atomic mass is 19.1. The number of hydrogen-bond donors (Lipinski definition) is 1. The number of hydrogen-bond acceptors (Lipinski definition) is 2. The molecule has 1 unspecified atom stereocenters. The Bertz CT molecular complexity index is 585. The first kappa shape index (κ1) is 18.2. The van der Waals surface area contributed by atoms with Crippen LogP contribution in [0.4, 0.5) is 19.3 Å². The van der Waals surface area contributed by atoms with Crippen molar-refractivity contribution in [3.8, 4) is 0 Å². The van der Waals surface area contributed by atoms with Crippen LogP contribution in [0.25, 0.3) is 0 Å². The number of halogens is 2. The molecule has 1 aliphatic heterocycles. The third kappa shape index (κ3) is 4.01. The molecule has 0 aliphatic carbocycles. The summed E-state index contributed by atoms with van der Waals surface area (Å²) in [4.78, 5) is 27.9. The van der Waals surface area contributed by atoms with Crippen molar-refractivity contribution in [3.05, 3.63) is 29.8 Å². The Kier molecular flexibility index (Phi) is 6.11. The van der Waals surface area contributed by atoms with Crippen LogP contribution in [0.5, 0.6) is 0 Å². The van der Waals surface area contributed by atoms with Gasteiger partial charge in [-0.2, -0.15) is 0 Å². The molecule has 7 heteroatoms. The molecule has 24 heavy (non-hydrogen) atoms. The van der Waals surface area contributed by atoms with E-state index >= 15 is 0 Å². The summed E-state index contributed by atoms with van der Waals surface area (Å²) in [6.45, 7) is 5.80. The van der Waals surface area contributed by atoms with Gasteiger partial charge in [0.1, 0.15) is 17.3 Å². The molecule has 132 valence electrons. The Labute approximate surface area is 140 Å². The zero-order valence-electron chi connectivity index (χ0n) is 14.0. The standard InChI is InChI=1S/C17H23F2N3O2/c1-3-21(4-2)16(23)12-7-6-10-22(11-12)17(24)20-15-13(18)8-5-9-14(15)19/h5,8-9,12H,3-4,6-7,10-11H2,1-2H3,(H,20,24). The van der Waals surface area contributed by atoms with Gasteiger partial charge in [-0.25, -0.2) is 13.6 Å². The van der Waals surface area contributed by atoms with E-state index in [1.165, 1.54) is 11.0 Å². The number of urea groups is 1. The van der Waals surface area contributed by atoms with E-state index in [9.17, 15) is 18.4 Å². The summed E-state index contributed by atoms with van der Waals surface area (Å²) < 4.78 is 27.3. The molecule has 0 aromatic heterocycles. The Balaban J connectivity index is 2.04. The summed E-state index contributed by atoms with van der Waals surface area (Å²) in [5.74, 6) is -1.89. The Hall–Kier alpha value is -2.18. The van der Waals surface area contributed by atoms with E-state index in [2.05, 4.69) is 5.32 Å². The Morgan fingerprint density at radius 1 is 1.25 bits per heavy atom. The first-order valence-electron chi connectivity index (χ1n) is 8.26. The second kappa shape index (κ2) is 8.08. The summed E-state index contributed by atoms with van der Waals surface area (Å²) in [7, 11) is 0. The number of likely N-dealkylation sites (tertiary alicyclic amines) is 1. The quantitative estimate of drug-likeness (QED) is 0.916. The van der Waals surface area contributed by atoms with Crippen molar-refractivity contribution in [3.63, 3.8) is 0 Å². The molecule has 1 fully saturated rings. The monoisotopic (exact) mass is 339 g/mol. The summed E-state index contributed by atoms with van der Waals surface area (Å²) in [6, 6.07) is 2.82. The summed E-state index contributed by atoms with van der Waals surface area (Å²) in [5, 5.41) is 2.28. The first-order chi connectivity index (χ1) is 11.5. The summed E-state index contributed by atoms with van der Waals surface area (Å²) >= 11 is 0. The lowest BCUT2D eigenvalue weighted by atomic mass is 9.96. The van der Waals surface area contributed by atoms with Gasteiger partial charge in [0.05, 0.1) is 5.92 Å². The Morgan fingerprint density at radius 2 is 1.88 bits per heavy atom. The molecule has 5 nitrogen and oxygen atoms in total. The smallest absolute Gasteiger partial charge is 0.322 e. The van der Waals surface area contributed by atoms with Crippen molar-refractivity contribution >= 4 is 17.6 Å². The molecule has 1 aromatic carbocycles. The van der Waals surface area contributed by atoms with Crippen LogP contribution in [-0.2, 0) is 4.79 Å². The molecule has 0 radical (unpaired) electrons. The van der Waals surface area contributed by atoms with Crippen LogP contribution < -0.4 is 5.32 Å². The molecule has 1 heterocycles. The van der Waals surface area contributed by atoms with Crippen molar-refractivity contribution in [2.45, 2.75) is 26.7 Å². The average Bonchev–Trinajstić information content (AvgIpc) is 2.59. The van der Waals surface area contributed by atoms with Gasteiger partial charge in [-0.3, -0.25) is 4.79 Å². The maximum Gasteiger partial charge on any atom is 0.322 e. The van der Waals surface area contributed by atoms with E-state index in [-0.39, 0.29) is 18.4 Å². The minimum atomic E-state index is -0.823. The molecule has 1 atom stereocenters. The topological polar surface area (TPSA) is 52.7 Å². The normalized spacial score (nSPS) is 17.5. The number of carbonyl (C=O) groups is 2. The van der Waals surface area contributed by atoms with E-state index < -0.39 is 23.4 Å². The maximum absolute atomic E-state index is 13.6. The van der Waals surface area contributed by atoms with Gasteiger partial charge < -0.3 is 15.1 Å². The number of para-hydroxylation sites is 1. The number of nitrogens with zero attached hydrogens (tertiary/aromatic N) is 2. The number of nitrogens with one attached hydrogen (secondary N) is 1. The van der Waals surface area contributed by atoms with Gasteiger partial charge in [0.25, 0.3) is 0 Å². The van der Waals surface area contributed by atoms with Gasteiger partial charge >= 0.3 is 6.03 Å². The van der Waals surface area contributed by atoms with Crippen molar-refractivity contribution in [1.82, 2.24) is 9.80 Å². The van der Waals surface area contributed by atoms with Crippen molar-refractivity contribution < 1.29 is 18.4 Å². The first-order valence-corrected chi connectivity index (χ1v) is 8.26. The molecular weight excluding hydrogens is 316 g/mol. The number of benzene rings is 1. The fraction of sp³-hybridized carbons (Fsp3) is 0.529. The van der Waals surface area contributed by atoms with Gasteiger partial charge in [0.2, 0.25) is 5.91 Å². The highest BCUT2D eigenvalue weighted by Crippen LogP contribution is 2.22. The Morgan fingerprint density at radius 3 is 2.46 bits per heavy atom. The second-order valence-corrected chi connectivity index (χ2v) is 5.82. The largest absolute Gasteiger partial charge is 0.343 e. The molecule has 0 saturated carbocycles. The predicted octanol–water partition coefficient (Wildman–Crippen LogP) is 3.08. The van der Waals surface area contributed by atoms with Crippen molar-refractivity contribution in [2.24, 2.45) is 5.92 Å². The predicted molar refractivity (Wildman–Crippen MR) is 87.6 cm³/mol. The second-order valence-electron chi connectivity index (χ2n) is 5.82. The van der Waals surface area contributed by atoms with Crippen LogP contribution in [0.2, 0.25) is 0 Å². The van der Waals surface area contributed by atoms with Gasteiger partial charge in [0.15, 0.2) is 0 Å². The maximum atomic E-state index is 13.6. The zero-order valence-corrected chi connectivity index (χ0v) is 14.0. The van der Waals surface area contributed by atoms with Crippen LogP contribution in [0.15, 0.2) is 18.2 Å². The highest BCUT2D eigenvalue weighted by molar-refractivity contribution is 5.90. The minimum absolute atomic E-state index is 0.0228. The fourth-order valence-corrected chi connectivity index (χ4v) is 2.96. The average molecular weight is 339 g/mol. The molecule has 2 rings (SSSR count). The third-order valence-corrected chi connectivity index (χ3v) is 4.33. The van der Waals surface area contributed by atoms with Crippen LogP contribution in [0.1, 0.15) is 26.7 Å². The van der Waals surface area contributed by atoms with Gasteiger partial charge in [0, 0.05) is 26.2 Å². The fourth-order valence-electron chi connectivity index (χ4n) is 2.96. The summed E-state index contributed by atoms with van der Waals surface area (Å²) in [5.41, 5.74) is -0.459. The number of rotatable bonds is 4. The van der Waals surface area contributed by atoms with E-state index in [0.29, 0.717) is 32.5 Å². The summed E-state index contributed by atoms with van der Waals surface area (Å²) in [6.07, 6.45) is 1.40. The highest BCUT2D eigenvalue weighted by Gasteiger charge is 2.30. The lowest BCUT2D eigenvalue weighted by molar-refractivity contribution is -0.136. The number of carbonyl (C=O) groups excluding carboxylic acids is 2. The molecular formula is C17H23F2N3O2. The number of amides is 3. The molecule has 1 saturated heterocycles. The van der Waals surface area contributed by atoms with Crippen molar-refractivity contribution in [1.29, 1.82) is 0 Å². The van der Waals surface area contributed by atoms with Gasteiger partial charge in [-0.05, 0) is 38.8 Å². The number of anilines is 1. The van der Waals surface area contributed by atoms with Crippen LogP contribution in [-0.4, -0.2) is 47.9 Å². The van der Waals surface area contributed by atoms with E-state index in [1.54, 1.807) is 4.90 Å².